The third-order valence-corrected chi connectivity index (χ3v) is 6.25. The average molecular weight is 398 g/mol. The van der Waals surface area contributed by atoms with E-state index in [0.717, 1.165) is 16.5 Å². The predicted octanol–water partition coefficient (Wildman–Crippen LogP) is 3.10. The Labute approximate surface area is 166 Å². The molecule has 0 saturated heterocycles. The Morgan fingerprint density at radius 2 is 2.04 bits per heavy atom. The van der Waals surface area contributed by atoms with Crippen molar-refractivity contribution in [2.45, 2.75) is 25.1 Å². The minimum absolute atomic E-state index is 0.0847. The molecule has 28 heavy (non-hydrogen) atoms. The molecule has 1 atom stereocenters. The van der Waals surface area contributed by atoms with Gasteiger partial charge >= 0.3 is 0 Å². The van der Waals surface area contributed by atoms with Crippen LogP contribution in [0.4, 0.5) is 5.82 Å². The maximum absolute atomic E-state index is 13.2. The van der Waals surface area contributed by atoms with Crippen LogP contribution in [-0.4, -0.2) is 33.1 Å². The van der Waals surface area contributed by atoms with E-state index < -0.39 is 0 Å². The fraction of sp³-hybridized carbons (Fsp3) is 0.350. The van der Waals surface area contributed by atoms with Crippen molar-refractivity contribution < 1.29 is 9.53 Å². The number of aromatic nitrogens is 3. The van der Waals surface area contributed by atoms with E-state index in [9.17, 15) is 9.59 Å². The molecule has 3 heterocycles. The SMILES string of the molecule is COc1ccc2cc(C3SCC(=O)Nc4c3cnn4C(C)C)c(=O)n(C)c2c1. The number of fused-ring (bicyclic) bond motifs is 2. The van der Waals surface area contributed by atoms with Crippen LogP contribution in [0, 0.1) is 0 Å². The predicted molar refractivity (Wildman–Crippen MR) is 111 cm³/mol. The van der Waals surface area contributed by atoms with E-state index in [4.69, 9.17) is 4.74 Å². The van der Waals surface area contributed by atoms with E-state index in [1.807, 2.05) is 38.1 Å². The van der Waals surface area contributed by atoms with Crippen molar-refractivity contribution in [1.29, 1.82) is 0 Å². The van der Waals surface area contributed by atoms with Crippen molar-refractivity contribution in [2.75, 3.05) is 18.2 Å². The lowest BCUT2D eigenvalue weighted by Crippen LogP contribution is -2.23. The van der Waals surface area contributed by atoms with E-state index in [1.54, 1.807) is 29.6 Å². The van der Waals surface area contributed by atoms with E-state index in [-0.39, 0.29) is 28.5 Å². The van der Waals surface area contributed by atoms with Crippen LogP contribution in [0.15, 0.2) is 35.3 Å². The third-order valence-electron chi connectivity index (χ3n) is 4.98. The first-order valence-electron chi connectivity index (χ1n) is 9.07. The van der Waals surface area contributed by atoms with Gasteiger partial charge in [-0.15, -0.1) is 11.8 Å². The van der Waals surface area contributed by atoms with Crippen molar-refractivity contribution in [3.63, 3.8) is 0 Å². The molecule has 0 saturated carbocycles. The van der Waals surface area contributed by atoms with Gasteiger partial charge in [0.2, 0.25) is 5.91 Å². The van der Waals surface area contributed by atoms with E-state index in [1.165, 1.54) is 11.8 Å². The molecule has 0 radical (unpaired) electrons. The highest BCUT2D eigenvalue weighted by molar-refractivity contribution is 8.00. The summed E-state index contributed by atoms with van der Waals surface area (Å²) < 4.78 is 8.72. The van der Waals surface area contributed by atoms with Crippen molar-refractivity contribution in [3.05, 3.63) is 51.9 Å². The lowest BCUT2D eigenvalue weighted by molar-refractivity contribution is -0.113. The number of methoxy groups -OCH3 is 1. The Kier molecular flexibility index (Phi) is 4.66. The summed E-state index contributed by atoms with van der Waals surface area (Å²) in [6.07, 6.45) is 1.76. The van der Waals surface area contributed by atoms with Gasteiger partial charge in [-0.2, -0.15) is 5.10 Å². The number of nitrogens with one attached hydrogen (secondary N) is 1. The molecule has 0 bridgehead atoms. The fourth-order valence-corrected chi connectivity index (χ4v) is 4.64. The minimum atomic E-state index is -0.272. The first-order valence-corrected chi connectivity index (χ1v) is 10.1. The van der Waals surface area contributed by atoms with Crippen molar-refractivity contribution in [2.24, 2.45) is 7.05 Å². The van der Waals surface area contributed by atoms with E-state index in [2.05, 4.69) is 10.4 Å². The number of hydrogen-bond acceptors (Lipinski definition) is 5. The molecule has 7 nitrogen and oxygen atoms in total. The molecule has 4 rings (SSSR count). The number of nitrogens with zero attached hydrogens (tertiary/aromatic N) is 3. The molecule has 1 unspecified atom stereocenters. The van der Waals surface area contributed by atoms with Gasteiger partial charge in [0, 0.05) is 30.3 Å². The largest absolute Gasteiger partial charge is 0.497 e. The summed E-state index contributed by atoms with van der Waals surface area (Å²) in [6, 6.07) is 7.69. The molecule has 3 aromatic rings. The Morgan fingerprint density at radius 3 is 2.75 bits per heavy atom. The molecule has 146 valence electrons. The smallest absolute Gasteiger partial charge is 0.255 e. The molecule has 1 aromatic carbocycles. The van der Waals surface area contributed by atoms with Crippen molar-refractivity contribution in [1.82, 2.24) is 14.3 Å². The number of amides is 1. The molecule has 1 amide bonds. The summed E-state index contributed by atoms with van der Waals surface area (Å²) in [5.41, 5.74) is 2.22. The zero-order chi connectivity index (χ0) is 20.0. The third kappa shape index (κ3) is 2.97. The molecular weight excluding hydrogens is 376 g/mol. The molecule has 1 aliphatic heterocycles. The highest BCUT2D eigenvalue weighted by Crippen LogP contribution is 2.41. The summed E-state index contributed by atoms with van der Waals surface area (Å²) >= 11 is 1.45. The Bertz CT molecular complexity index is 1130. The number of anilines is 1. The zero-order valence-electron chi connectivity index (χ0n) is 16.2. The van der Waals surface area contributed by atoms with E-state index in [0.29, 0.717) is 17.1 Å². The maximum Gasteiger partial charge on any atom is 0.255 e. The molecular formula is C20H22N4O3S. The first kappa shape index (κ1) is 18.6. The Morgan fingerprint density at radius 1 is 1.25 bits per heavy atom. The monoisotopic (exact) mass is 398 g/mol. The quantitative estimate of drug-likeness (QED) is 0.734. The van der Waals surface area contributed by atoms with Crippen molar-refractivity contribution in [3.8, 4) is 5.75 Å². The molecule has 0 fully saturated rings. The number of benzene rings is 1. The number of carbonyl (C=O) groups excluding carboxylic acids is 1. The number of thioether (sulfide) groups is 1. The van der Waals surface area contributed by atoms with Gasteiger partial charge in [-0.3, -0.25) is 9.59 Å². The van der Waals surface area contributed by atoms with Gasteiger partial charge < -0.3 is 14.6 Å². The second-order valence-corrected chi connectivity index (χ2v) is 8.21. The van der Waals surface area contributed by atoms with Gasteiger partial charge in [-0.25, -0.2) is 4.68 Å². The number of hydrogen-bond donors (Lipinski definition) is 1. The number of ether oxygens (including phenoxy) is 1. The topological polar surface area (TPSA) is 78.2 Å². The molecule has 8 heteroatoms. The van der Waals surface area contributed by atoms with Crippen molar-refractivity contribution >= 4 is 34.4 Å². The van der Waals surface area contributed by atoms with Crippen LogP contribution in [0.2, 0.25) is 0 Å². The highest BCUT2D eigenvalue weighted by Gasteiger charge is 2.30. The van der Waals surface area contributed by atoms with Crippen LogP contribution in [0.3, 0.4) is 0 Å². The first-order chi connectivity index (χ1) is 13.4. The minimum Gasteiger partial charge on any atom is -0.497 e. The van der Waals surface area contributed by atoms with Crippen LogP contribution >= 0.6 is 11.8 Å². The number of aryl methyl sites for hydroxylation is 1. The number of pyridine rings is 1. The maximum atomic E-state index is 13.2. The molecule has 0 aliphatic carbocycles. The van der Waals surface area contributed by atoms with Crippen LogP contribution in [-0.2, 0) is 11.8 Å². The molecule has 1 aliphatic rings. The normalized spacial score (nSPS) is 16.8. The highest BCUT2D eigenvalue weighted by atomic mass is 32.2. The van der Waals surface area contributed by atoms with Gasteiger partial charge in [0.05, 0.1) is 29.8 Å². The van der Waals surface area contributed by atoms with E-state index >= 15 is 0 Å². The van der Waals surface area contributed by atoms with Crippen LogP contribution in [0.1, 0.15) is 36.3 Å². The average Bonchev–Trinajstić information content (AvgIpc) is 3.01. The standard InChI is InChI=1S/C20H22N4O3S/c1-11(2)24-19-15(9-21-24)18(28-10-17(25)22-19)14-7-12-5-6-13(27-4)8-16(12)23(3)20(14)26/h5-9,11,18H,10H2,1-4H3,(H,22,25). The number of carbonyl (C=O) groups is 1. The molecule has 0 spiro atoms. The van der Waals surface area contributed by atoms with Gasteiger partial charge in [-0.05, 0) is 37.4 Å². The summed E-state index contributed by atoms with van der Waals surface area (Å²) in [7, 11) is 3.37. The van der Waals surface area contributed by atoms with Crippen LogP contribution in [0.5, 0.6) is 5.75 Å². The zero-order valence-corrected chi connectivity index (χ0v) is 17.0. The second kappa shape index (κ2) is 7.01. The lowest BCUT2D eigenvalue weighted by atomic mass is 10.0. The van der Waals surface area contributed by atoms with Gasteiger partial charge in [0.15, 0.2) is 0 Å². The number of rotatable bonds is 3. The Balaban J connectivity index is 1.92. The van der Waals surface area contributed by atoms with Gasteiger partial charge in [0.1, 0.15) is 11.6 Å². The lowest BCUT2D eigenvalue weighted by Gasteiger charge is -2.17. The second-order valence-electron chi connectivity index (χ2n) is 7.11. The summed E-state index contributed by atoms with van der Waals surface area (Å²) in [4.78, 5) is 25.5. The van der Waals surface area contributed by atoms with Gasteiger partial charge in [0.25, 0.3) is 5.56 Å². The molecule has 1 N–H and O–H groups in total. The van der Waals surface area contributed by atoms with Crippen LogP contribution in [0.25, 0.3) is 10.9 Å². The Hall–Kier alpha value is -2.74. The fourth-order valence-electron chi connectivity index (χ4n) is 3.55. The van der Waals surface area contributed by atoms with Gasteiger partial charge in [-0.1, -0.05) is 0 Å². The molecule has 2 aromatic heterocycles. The summed E-state index contributed by atoms with van der Waals surface area (Å²) in [5.74, 6) is 1.57. The van der Waals surface area contributed by atoms with Crippen LogP contribution < -0.4 is 15.6 Å². The summed E-state index contributed by atoms with van der Waals surface area (Å²) in [5, 5.41) is 8.08. The summed E-state index contributed by atoms with van der Waals surface area (Å²) in [6.45, 7) is 4.02.